The van der Waals surface area contributed by atoms with E-state index < -0.39 is 5.91 Å². The predicted molar refractivity (Wildman–Crippen MR) is 94.7 cm³/mol. The highest BCUT2D eigenvalue weighted by Crippen LogP contribution is 2.24. The molecule has 0 bridgehead atoms. The minimum Gasteiger partial charge on any atom is -0.497 e. The van der Waals surface area contributed by atoms with Crippen LogP contribution in [0, 0.1) is 6.92 Å². The number of hydrogen-bond donors (Lipinski definition) is 1. The zero-order chi connectivity index (χ0) is 18.4. The molecule has 132 valence electrons. The van der Waals surface area contributed by atoms with Gasteiger partial charge in [0, 0.05) is 19.7 Å². The van der Waals surface area contributed by atoms with Gasteiger partial charge in [-0.25, -0.2) is 0 Å². The lowest BCUT2D eigenvalue weighted by atomic mass is 10.1. The Morgan fingerprint density at radius 2 is 1.80 bits per heavy atom. The molecule has 0 aliphatic heterocycles. The molecule has 0 heterocycles. The lowest BCUT2D eigenvalue weighted by Crippen LogP contribution is -2.31. The molecule has 0 aliphatic carbocycles. The number of carbonyl (C=O) groups is 2. The van der Waals surface area contributed by atoms with E-state index in [4.69, 9.17) is 15.2 Å². The summed E-state index contributed by atoms with van der Waals surface area (Å²) in [5.41, 5.74) is 7.73. The van der Waals surface area contributed by atoms with Crippen LogP contribution in [-0.4, -0.2) is 37.5 Å². The second kappa shape index (κ2) is 8.19. The fourth-order valence-corrected chi connectivity index (χ4v) is 2.26. The van der Waals surface area contributed by atoms with Crippen LogP contribution in [0.4, 0.5) is 0 Å². The molecule has 0 aromatic heterocycles. The summed E-state index contributed by atoms with van der Waals surface area (Å²) in [6, 6.07) is 12.6. The van der Waals surface area contributed by atoms with Gasteiger partial charge in [0.2, 0.25) is 0 Å². The first-order valence-electron chi connectivity index (χ1n) is 7.81. The predicted octanol–water partition coefficient (Wildman–Crippen LogP) is 2.14. The molecular weight excluding hydrogens is 320 g/mol. The van der Waals surface area contributed by atoms with Crippen LogP contribution in [0.1, 0.15) is 21.5 Å². The van der Waals surface area contributed by atoms with Gasteiger partial charge in [-0.3, -0.25) is 9.59 Å². The quantitative estimate of drug-likeness (QED) is 0.836. The van der Waals surface area contributed by atoms with Crippen molar-refractivity contribution in [3.05, 3.63) is 59.2 Å². The fraction of sp³-hybridized carbons (Fsp3) is 0.263. The number of hydrogen-bond acceptors (Lipinski definition) is 4. The van der Waals surface area contributed by atoms with Crippen LogP contribution in [-0.2, 0) is 11.3 Å². The number of rotatable bonds is 7. The summed E-state index contributed by atoms with van der Waals surface area (Å²) in [4.78, 5) is 25.3. The number of aryl methyl sites for hydroxylation is 1. The first-order valence-corrected chi connectivity index (χ1v) is 7.81. The number of ether oxygens (including phenoxy) is 2. The molecule has 0 atom stereocenters. The van der Waals surface area contributed by atoms with Gasteiger partial charge in [-0.15, -0.1) is 0 Å². The van der Waals surface area contributed by atoms with Gasteiger partial charge in [-0.2, -0.15) is 0 Å². The van der Waals surface area contributed by atoms with E-state index in [0.29, 0.717) is 12.3 Å². The van der Waals surface area contributed by atoms with Crippen molar-refractivity contribution in [2.45, 2.75) is 13.5 Å². The Bertz CT molecular complexity index is 757. The number of carbonyl (C=O) groups excluding carboxylic acids is 2. The van der Waals surface area contributed by atoms with E-state index in [9.17, 15) is 9.59 Å². The van der Waals surface area contributed by atoms with Crippen molar-refractivity contribution in [3.8, 4) is 11.5 Å². The SMILES string of the molecule is COc1ccc(C(N)=O)c(OCC(=O)N(C)Cc2ccc(C)cc2)c1. The van der Waals surface area contributed by atoms with Gasteiger partial charge in [0.05, 0.1) is 12.7 Å². The molecule has 0 unspecified atom stereocenters. The number of likely N-dealkylation sites (N-methyl/N-ethyl adjacent to an activating group) is 1. The van der Waals surface area contributed by atoms with Crippen molar-refractivity contribution in [2.24, 2.45) is 5.73 Å². The number of amides is 2. The van der Waals surface area contributed by atoms with Gasteiger partial charge in [-0.05, 0) is 24.6 Å². The molecule has 6 heteroatoms. The highest BCUT2D eigenvalue weighted by molar-refractivity contribution is 5.96. The smallest absolute Gasteiger partial charge is 0.260 e. The Kier molecular flexibility index (Phi) is 6.00. The Labute approximate surface area is 147 Å². The molecule has 2 aromatic rings. The van der Waals surface area contributed by atoms with Crippen LogP contribution in [0.2, 0.25) is 0 Å². The van der Waals surface area contributed by atoms with E-state index in [1.54, 1.807) is 18.0 Å². The van der Waals surface area contributed by atoms with Crippen LogP contribution in [0.3, 0.4) is 0 Å². The van der Waals surface area contributed by atoms with Gasteiger partial charge in [0.15, 0.2) is 6.61 Å². The molecule has 0 aliphatic rings. The van der Waals surface area contributed by atoms with Crippen LogP contribution in [0.25, 0.3) is 0 Å². The summed E-state index contributed by atoms with van der Waals surface area (Å²) in [6.07, 6.45) is 0. The van der Waals surface area contributed by atoms with Gasteiger partial charge >= 0.3 is 0 Å². The van der Waals surface area contributed by atoms with Crippen molar-refractivity contribution in [2.75, 3.05) is 20.8 Å². The highest BCUT2D eigenvalue weighted by atomic mass is 16.5. The minimum atomic E-state index is -0.627. The first-order chi connectivity index (χ1) is 11.9. The summed E-state index contributed by atoms with van der Waals surface area (Å²) in [6.45, 7) is 2.29. The molecule has 2 N–H and O–H groups in total. The number of nitrogens with two attached hydrogens (primary N) is 1. The maximum absolute atomic E-state index is 12.3. The third kappa shape index (κ3) is 4.97. The fourth-order valence-electron chi connectivity index (χ4n) is 2.26. The lowest BCUT2D eigenvalue weighted by Gasteiger charge is -2.18. The molecule has 0 saturated carbocycles. The molecule has 0 spiro atoms. The number of methoxy groups -OCH3 is 1. The third-order valence-corrected chi connectivity index (χ3v) is 3.77. The Morgan fingerprint density at radius 3 is 2.40 bits per heavy atom. The lowest BCUT2D eigenvalue weighted by molar-refractivity contribution is -0.132. The summed E-state index contributed by atoms with van der Waals surface area (Å²) >= 11 is 0. The second-order valence-electron chi connectivity index (χ2n) is 5.75. The van der Waals surface area contributed by atoms with Crippen LogP contribution >= 0.6 is 0 Å². The average molecular weight is 342 g/mol. The zero-order valence-corrected chi connectivity index (χ0v) is 14.6. The standard InChI is InChI=1S/C19H22N2O4/c1-13-4-6-14(7-5-13)11-21(2)18(22)12-25-17-10-15(24-3)8-9-16(17)19(20)23/h4-10H,11-12H2,1-3H3,(H2,20,23). The topological polar surface area (TPSA) is 81.9 Å². The van der Waals surface area contributed by atoms with Gasteiger partial charge in [0.25, 0.3) is 11.8 Å². The van der Waals surface area contributed by atoms with Gasteiger partial charge < -0.3 is 20.1 Å². The largest absolute Gasteiger partial charge is 0.497 e. The summed E-state index contributed by atoms with van der Waals surface area (Å²) in [5.74, 6) is -0.0960. The Morgan fingerprint density at radius 1 is 1.12 bits per heavy atom. The summed E-state index contributed by atoms with van der Waals surface area (Å²) in [7, 11) is 3.20. The zero-order valence-electron chi connectivity index (χ0n) is 14.6. The van der Waals surface area contributed by atoms with Crippen LogP contribution in [0.5, 0.6) is 11.5 Å². The van der Waals surface area contributed by atoms with E-state index in [1.807, 2.05) is 31.2 Å². The maximum atomic E-state index is 12.3. The minimum absolute atomic E-state index is 0.199. The van der Waals surface area contributed by atoms with E-state index in [2.05, 4.69) is 0 Å². The average Bonchev–Trinajstić information content (AvgIpc) is 2.61. The first kappa shape index (κ1) is 18.3. The molecule has 6 nitrogen and oxygen atoms in total. The molecular formula is C19H22N2O4. The maximum Gasteiger partial charge on any atom is 0.260 e. The Balaban J connectivity index is 2.01. The highest BCUT2D eigenvalue weighted by Gasteiger charge is 2.15. The van der Waals surface area contributed by atoms with Crippen LogP contribution < -0.4 is 15.2 Å². The molecule has 2 amide bonds. The number of benzene rings is 2. The summed E-state index contributed by atoms with van der Waals surface area (Å²) < 4.78 is 10.6. The molecule has 25 heavy (non-hydrogen) atoms. The second-order valence-corrected chi connectivity index (χ2v) is 5.75. The molecule has 0 radical (unpaired) electrons. The monoisotopic (exact) mass is 342 g/mol. The van der Waals surface area contributed by atoms with Crippen molar-refractivity contribution in [3.63, 3.8) is 0 Å². The summed E-state index contributed by atoms with van der Waals surface area (Å²) in [5, 5.41) is 0. The van der Waals surface area contributed by atoms with Gasteiger partial charge in [0.1, 0.15) is 11.5 Å². The number of nitrogens with zero attached hydrogens (tertiary/aromatic N) is 1. The number of primary amides is 1. The molecule has 2 aromatic carbocycles. The van der Waals surface area contributed by atoms with Crippen LogP contribution in [0.15, 0.2) is 42.5 Å². The van der Waals surface area contributed by atoms with Crippen molar-refractivity contribution in [1.29, 1.82) is 0 Å². The molecule has 0 saturated heterocycles. The normalized spacial score (nSPS) is 10.2. The van der Waals surface area contributed by atoms with Crippen molar-refractivity contribution in [1.82, 2.24) is 4.90 Å². The van der Waals surface area contributed by atoms with E-state index in [0.717, 1.165) is 11.1 Å². The van der Waals surface area contributed by atoms with E-state index in [-0.39, 0.29) is 23.8 Å². The van der Waals surface area contributed by atoms with Crippen molar-refractivity contribution < 1.29 is 19.1 Å². The van der Waals surface area contributed by atoms with E-state index in [1.165, 1.54) is 19.2 Å². The third-order valence-electron chi connectivity index (χ3n) is 3.77. The Hall–Kier alpha value is -3.02. The molecule has 2 rings (SSSR count). The van der Waals surface area contributed by atoms with Gasteiger partial charge in [-0.1, -0.05) is 29.8 Å². The molecule has 0 fully saturated rings. The van der Waals surface area contributed by atoms with Crippen molar-refractivity contribution >= 4 is 11.8 Å². The van der Waals surface area contributed by atoms with E-state index >= 15 is 0 Å².